The van der Waals surface area contributed by atoms with Crippen molar-refractivity contribution in [3.05, 3.63) is 23.8 Å². The number of hydrogen-bond donors (Lipinski definition) is 3. The lowest BCUT2D eigenvalue weighted by atomic mass is 9.95. The van der Waals surface area contributed by atoms with Crippen molar-refractivity contribution < 1.29 is 18.8 Å². The van der Waals surface area contributed by atoms with Crippen LogP contribution >= 0.6 is 0 Å². The minimum Gasteiger partial charge on any atom is -0.497 e. The summed E-state index contributed by atoms with van der Waals surface area (Å²) in [4.78, 5) is 4.58. The van der Waals surface area contributed by atoms with E-state index in [-0.39, 0.29) is 17.8 Å². The number of ether oxygens (including phenoxy) is 2. The van der Waals surface area contributed by atoms with Crippen molar-refractivity contribution in [3.8, 4) is 11.5 Å². The number of hydrogen-bond acceptors (Lipinski definition) is 5. The van der Waals surface area contributed by atoms with E-state index in [4.69, 9.17) is 9.47 Å². The number of benzene rings is 1. The van der Waals surface area contributed by atoms with Crippen molar-refractivity contribution in [1.29, 1.82) is 0 Å². The number of nitrogens with one attached hydrogen (secondary N) is 2. The molecule has 0 spiro atoms. The van der Waals surface area contributed by atoms with Crippen molar-refractivity contribution in [3.63, 3.8) is 0 Å². The zero-order chi connectivity index (χ0) is 21.2. The molecule has 0 bridgehead atoms. The van der Waals surface area contributed by atoms with Crippen LogP contribution < -0.4 is 20.1 Å². The van der Waals surface area contributed by atoms with E-state index in [1.165, 1.54) is 0 Å². The molecule has 4 atom stereocenters. The van der Waals surface area contributed by atoms with E-state index in [9.17, 15) is 9.32 Å². The topological polar surface area (TPSA) is 92.2 Å². The summed E-state index contributed by atoms with van der Waals surface area (Å²) in [7, 11) is 2.40. The van der Waals surface area contributed by atoms with Crippen LogP contribution in [0.1, 0.15) is 51.2 Å². The molecule has 8 heteroatoms. The van der Waals surface area contributed by atoms with E-state index < -0.39 is 16.9 Å². The van der Waals surface area contributed by atoms with Gasteiger partial charge in [-0.3, -0.25) is 9.20 Å². The summed E-state index contributed by atoms with van der Waals surface area (Å²) in [6.45, 7) is 4.90. The summed E-state index contributed by atoms with van der Waals surface area (Å²) in [6, 6.07) is 5.58. The molecule has 0 saturated heterocycles. The van der Waals surface area contributed by atoms with Crippen LogP contribution in [0.25, 0.3) is 0 Å². The molecule has 1 aromatic rings. The van der Waals surface area contributed by atoms with Crippen LogP contribution in [0.2, 0.25) is 0 Å². The summed E-state index contributed by atoms with van der Waals surface area (Å²) < 4.78 is 22.8. The van der Waals surface area contributed by atoms with Gasteiger partial charge in [0.1, 0.15) is 17.6 Å². The van der Waals surface area contributed by atoms with Gasteiger partial charge in [0.05, 0.1) is 20.8 Å². The average molecular weight is 426 g/mol. The lowest BCUT2D eigenvalue weighted by Crippen LogP contribution is -2.46. The first-order chi connectivity index (χ1) is 14.0. The van der Waals surface area contributed by atoms with Gasteiger partial charge in [0, 0.05) is 40.0 Å². The predicted molar refractivity (Wildman–Crippen MR) is 118 cm³/mol. The van der Waals surface area contributed by atoms with Gasteiger partial charge >= 0.3 is 0 Å². The van der Waals surface area contributed by atoms with Gasteiger partial charge in [-0.05, 0) is 44.4 Å². The highest BCUT2D eigenvalue weighted by Crippen LogP contribution is 2.29. The summed E-state index contributed by atoms with van der Waals surface area (Å²) in [5, 5.41) is 17.6. The first-order valence-corrected chi connectivity index (χ1v) is 11.7. The maximum atomic E-state index is 12.2. The van der Waals surface area contributed by atoms with Crippen molar-refractivity contribution in [2.45, 2.75) is 56.9 Å². The maximum absolute atomic E-state index is 12.2. The third-order valence-corrected chi connectivity index (χ3v) is 6.93. The molecule has 1 aromatic carbocycles. The van der Waals surface area contributed by atoms with E-state index in [1.807, 2.05) is 13.8 Å². The second kappa shape index (κ2) is 12.0. The number of rotatable bonds is 9. The highest BCUT2D eigenvalue weighted by molar-refractivity contribution is 7.85. The quantitative estimate of drug-likeness (QED) is 0.416. The van der Waals surface area contributed by atoms with Gasteiger partial charge in [0.15, 0.2) is 5.96 Å². The Hall–Kier alpha value is -1.80. The average Bonchev–Trinajstić information content (AvgIpc) is 2.76. The van der Waals surface area contributed by atoms with Crippen LogP contribution in [-0.2, 0) is 10.8 Å². The lowest BCUT2D eigenvalue weighted by molar-refractivity contribution is 0.182. The van der Waals surface area contributed by atoms with Gasteiger partial charge in [0.2, 0.25) is 0 Å². The molecule has 1 saturated carbocycles. The van der Waals surface area contributed by atoms with Crippen molar-refractivity contribution in [2.75, 3.05) is 33.1 Å². The summed E-state index contributed by atoms with van der Waals surface area (Å²) in [5.41, 5.74) is 0.641. The molecule has 0 aliphatic heterocycles. The molecule has 1 aliphatic rings. The summed E-state index contributed by atoms with van der Waals surface area (Å²) in [5.74, 6) is 2.64. The van der Waals surface area contributed by atoms with Gasteiger partial charge in [-0.1, -0.05) is 13.3 Å². The number of aliphatic imine (C=N–C) groups is 1. The monoisotopic (exact) mass is 425 g/mol. The first-order valence-electron chi connectivity index (χ1n) is 10.3. The minimum absolute atomic E-state index is 0.190. The Morgan fingerprint density at radius 2 is 2.10 bits per heavy atom. The highest BCUT2D eigenvalue weighted by Gasteiger charge is 2.26. The van der Waals surface area contributed by atoms with Gasteiger partial charge in [-0.15, -0.1) is 0 Å². The number of nitrogens with zero attached hydrogens (tertiary/aromatic N) is 1. The van der Waals surface area contributed by atoms with Crippen LogP contribution in [0.4, 0.5) is 0 Å². The zero-order valence-electron chi connectivity index (χ0n) is 17.9. The number of methoxy groups -OCH3 is 2. The fourth-order valence-corrected chi connectivity index (χ4v) is 4.99. The van der Waals surface area contributed by atoms with E-state index in [2.05, 4.69) is 15.6 Å². The van der Waals surface area contributed by atoms with Crippen LogP contribution in [0.5, 0.6) is 11.5 Å². The molecule has 0 heterocycles. The van der Waals surface area contributed by atoms with Crippen LogP contribution in [-0.4, -0.2) is 59.6 Å². The van der Waals surface area contributed by atoms with Crippen molar-refractivity contribution in [2.24, 2.45) is 4.99 Å². The van der Waals surface area contributed by atoms with Crippen molar-refractivity contribution in [1.82, 2.24) is 10.6 Å². The molecule has 29 heavy (non-hydrogen) atoms. The Balaban J connectivity index is 2.06. The molecular weight excluding hydrogens is 390 g/mol. The molecule has 1 fully saturated rings. The third-order valence-electron chi connectivity index (χ3n) is 5.19. The molecule has 164 valence electrons. The highest BCUT2D eigenvalue weighted by atomic mass is 32.2. The minimum atomic E-state index is -0.817. The Labute approximate surface area is 176 Å². The number of aliphatic hydroxyl groups excluding tert-OH is 1. The van der Waals surface area contributed by atoms with E-state index in [0.717, 1.165) is 32.2 Å². The Morgan fingerprint density at radius 1 is 1.31 bits per heavy atom. The SMILES string of the molecule is CCNC(=NCC(O)c1cc(OC)ccc1OC)NC1CCCC(S(=O)CC)C1. The van der Waals surface area contributed by atoms with Crippen LogP contribution in [0, 0.1) is 0 Å². The fraction of sp³-hybridized carbons (Fsp3) is 0.667. The van der Waals surface area contributed by atoms with E-state index in [1.54, 1.807) is 32.4 Å². The lowest BCUT2D eigenvalue weighted by Gasteiger charge is -2.30. The molecule has 4 unspecified atom stereocenters. The van der Waals surface area contributed by atoms with Gasteiger partial charge in [-0.25, -0.2) is 0 Å². The van der Waals surface area contributed by atoms with Gasteiger partial charge in [0.25, 0.3) is 0 Å². The van der Waals surface area contributed by atoms with Crippen LogP contribution in [0.3, 0.4) is 0 Å². The first kappa shape index (κ1) is 23.5. The molecule has 2 rings (SSSR count). The third kappa shape index (κ3) is 6.89. The maximum Gasteiger partial charge on any atom is 0.191 e. The second-order valence-corrected chi connectivity index (χ2v) is 9.15. The van der Waals surface area contributed by atoms with Gasteiger partial charge in [-0.2, -0.15) is 0 Å². The normalized spacial score (nSPS) is 21.9. The zero-order valence-corrected chi connectivity index (χ0v) is 18.8. The molecule has 7 nitrogen and oxygen atoms in total. The molecule has 1 aliphatic carbocycles. The summed E-state index contributed by atoms with van der Waals surface area (Å²) >= 11 is 0. The largest absolute Gasteiger partial charge is 0.497 e. The molecule has 0 aromatic heterocycles. The Bertz CT molecular complexity index is 699. The van der Waals surface area contributed by atoms with E-state index >= 15 is 0 Å². The standard InChI is InChI=1S/C21H35N3O4S/c1-5-22-21(24-15-8-7-9-17(12-15)29(26)6-2)23-14-19(25)18-13-16(27-3)10-11-20(18)28-4/h10-11,13,15,17,19,25H,5-9,12,14H2,1-4H3,(H2,22,23,24). The number of aliphatic hydroxyl groups is 1. The molecule has 0 amide bonds. The fourth-order valence-electron chi connectivity index (χ4n) is 3.64. The Kier molecular flexibility index (Phi) is 9.73. The molecule has 3 N–H and O–H groups in total. The molecule has 0 radical (unpaired) electrons. The molecular formula is C21H35N3O4S. The summed E-state index contributed by atoms with van der Waals surface area (Å²) in [6.07, 6.45) is 3.20. The second-order valence-electron chi connectivity index (χ2n) is 7.14. The smallest absolute Gasteiger partial charge is 0.191 e. The van der Waals surface area contributed by atoms with Crippen LogP contribution in [0.15, 0.2) is 23.2 Å². The van der Waals surface area contributed by atoms with Crippen molar-refractivity contribution >= 4 is 16.8 Å². The Morgan fingerprint density at radius 3 is 2.76 bits per heavy atom. The number of guanidine groups is 1. The van der Waals surface area contributed by atoms with E-state index in [0.29, 0.717) is 28.8 Å². The van der Waals surface area contributed by atoms with Gasteiger partial charge < -0.3 is 25.2 Å². The predicted octanol–water partition coefficient (Wildman–Crippen LogP) is 2.37.